The van der Waals surface area contributed by atoms with Crippen LogP contribution >= 0.6 is 11.3 Å². The lowest BCUT2D eigenvalue weighted by Gasteiger charge is -2.05. The van der Waals surface area contributed by atoms with Gasteiger partial charge in [0.15, 0.2) is 11.6 Å². The number of carbonyl (C=O) groups is 1. The minimum atomic E-state index is 0.0453. The second-order valence-electron chi connectivity index (χ2n) is 8.44. The van der Waals surface area contributed by atoms with Gasteiger partial charge in [-0.2, -0.15) is 5.10 Å². The summed E-state index contributed by atoms with van der Waals surface area (Å²) in [6.45, 7) is 5.30. The van der Waals surface area contributed by atoms with E-state index in [2.05, 4.69) is 48.4 Å². The maximum atomic E-state index is 11.8. The lowest BCUT2D eigenvalue weighted by atomic mass is 10.1. The molecular formula is C26H22N8OS. The Morgan fingerprint density at radius 3 is 2.78 bits per heavy atom. The van der Waals surface area contributed by atoms with Crippen molar-refractivity contribution in [3.05, 3.63) is 65.7 Å². The first-order valence-corrected chi connectivity index (χ1v) is 12.4. The number of hydrogen-bond acceptors (Lipinski definition) is 8. The largest absolute Gasteiger partial charge is 0.335 e. The van der Waals surface area contributed by atoms with Crippen LogP contribution in [-0.4, -0.2) is 47.4 Å². The van der Waals surface area contributed by atoms with Crippen molar-refractivity contribution in [3.63, 3.8) is 0 Å². The van der Waals surface area contributed by atoms with Crippen LogP contribution < -0.4 is 5.32 Å². The van der Waals surface area contributed by atoms with Crippen molar-refractivity contribution in [2.45, 2.75) is 20.4 Å². The molecule has 0 spiro atoms. The number of aromatic nitrogens is 7. The summed E-state index contributed by atoms with van der Waals surface area (Å²) in [6.07, 6.45) is 8.99. The molecule has 178 valence electrons. The van der Waals surface area contributed by atoms with Crippen molar-refractivity contribution < 1.29 is 4.79 Å². The normalized spacial score (nSPS) is 11.5. The standard InChI is InChI=1S/C26H22N8OS/c1-3-27-8-15-6-16(10-28-9-15)19-7-17-20(13-30-19)33-34-25(17)26-31-21-12-29-11-18(24(21)32-26)23-5-4-22(36-23)14(2)35/h4-7,9-13,27H,3,8H2,1-2H3,(H,31,32)(H,33,34). The van der Waals surface area contributed by atoms with Crippen LogP contribution in [0.5, 0.6) is 0 Å². The zero-order chi connectivity index (χ0) is 24.6. The summed E-state index contributed by atoms with van der Waals surface area (Å²) in [4.78, 5) is 35.1. The quantitative estimate of drug-likeness (QED) is 0.267. The van der Waals surface area contributed by atoms with E-state index < -0.39 is 0 Å². The maximum Gasteiger partial charge on any atom is 0.169 e. The van der Waals surface area contributed by atoms with E-state index in [1.165, 1.54) is 11.3 Å². The topological polar surface area (TPSA) is 125 Å². The molecule has 0 radical (unpaired) electrons. The fourth-order valence-corrected chi connectivity index (χ4v) is 5.06. The molecule has 6 heterocycles. The maximum absolute atomic E-state index is 11.8. The van der Waals surface area contributed by atoms with Crippen LogP contribution in [0, 0.1) is 0 Å². The van der Waals surface area contributed by atoms with Crippen LogP contribution in [-0.2, 0) is 6.54 Å². The molecule has 0 saturated heterocycles. The fraction of sp³-hybridized carbons (Fsp3) is 0.154. The number of imidazole rings is 1. The lowest BCUT2D eigenvalue weighted by molar-refractivity contribution is 0.102. The van der Waals surface area contributed by atoms with E-state index >= 15 is 0 Å². The van der Waals surface area contributed by atoms with E-state index in [9.17, 15) is 4.79 Å². The van der Waals surface area contributed by atoms with E-state index in [0.717, 1.165) is 62.3 Å². The third-order valence-electron chi connectivity index (χ3n) is 5.95. The molecule has 0 unspecified atom stereocenters. The van der Waals surface area contributed by atoms with Crippen LogP contribution in [0.15, 0.2) is 55.2 Å². The summed E-state index contributed by atoms with van der Waals surface area (Å²) in [6, 6.07) is 7.88. The molecule has 0 bridgehead atoms. The molecule has 0 atom stereocenters. The summed E-state index contributed by atoms with van der Waals surface area (Å²) in [5, 5.41) is 11.8. The molecule has 36 heavy (non-hydrogen) atoms. The number of nitrogens with one attached hydrogen (secondary N) is 3. The van der Waals surface area contributed by atoms with Crippen LogP contribution in [0.2, 0.25) is 0 Å². The summed E-state index contributed by atoms with van der Waals surface area (Å²) in [7, 11) is 0. The number of fused-ring (bicyclic) bond motifs is 2. The highest BCUT2D eigenvalue weighted by atomic mass is 32.1. The molecule has 0 aliphatic carbocycles. The predicted octanol–water partition coefficient (Wildman–Crippen LogP) is 5.00. The fourth-order valence-electron chi connectivity index (χ4n) is 4.15. The Labute approximate surface area is 210 Å². The van der Waals surface area contributed by atoms with Gasteiger partial charge in [-0.25, -0.2) is 4.98 Å². The Morgan fingerprint density at radius 2 is 1.94 bits per heavy atom. The van der Waals surface area contributed by atoms with Gasteiger partial charge in [-0.15, -0.1) is 11.3 Å². The first-order chi connectivity index (χ1) is 17.6. The second kappa shape index (κ2) is 9.06. The predicted molar refractivity (Wildman–Crippen MR) is 141 cm³/mol. The molecule has 0 aromatic carbocycles. The van der Waals surface area contributed by atoms with Gasteiger partial charge >= 0.3 is 0 Å². The van der Waals surface area contributed by atoms with E-state index in [4.69, 9.17) is 4.98 Å². The van der Waals surface area contributed by atoms with E-state index in [0.29, 0.717) is 16.4 Å². The van der Waals surface area contributed by atoms with Gasteiger partial charge in [0.25, 0.3) is 0 Å². The van der Waals surface area contributed by atoms with Gasteiger partial charge in [-0.1, -0.05) is 6.92 Å². The molecule has 3 N–H and O–H groups in total. The molecule has 6 aromatic heterocycles. The molecule has 0 aliphatic heterocycles. The smallest absolute Gasteiger partial charge is 0.169 e. The monoisotopic (exact) mass is 494 g/mol. The number of hydrogen-bond donors (Lipinski definition) is 3. The molecule has 10 heteroatoms. The van der Waals surface area contributed by atoms with Gasteiger partial charge in [-0.05, 0) is 43.3 Å². The summed E-state index contributed by atoms with van der Waals surface area (Å²) >= 11 is 1.44. The molecule has 0 fully saturated rings. The van der Waals surface area contributed by atoms with Gasteiger partial charge in [-0.3, -0.25) is 24.8 Å². The molecule has 0 amide bonds. The van der Waals surface area contributed by atoms with Crippen LogP contribution in [0.1, 0.15) is 29.1 Å². The Bertz CT molecular complexity index is 1730. The third kappa shape index (κ3) is 3.96. The van der Waals surface area contributed by atoms with Crippen molar-refractivity contribution >= 4 is 39.1 Å². The Morgan fingerprint density at radius 1 is 1.06 bits per heavy atom. The Hall–Kier alpha value is -4.28. The number of ketones is 1. The molecule has 0 saturated carbocycles. The van der Waals surface area contributed by atoms with Crippen molar-refractivity contribution in [2.24, 2.45) is 0 Å². The first kappa shape index (κ1) is 22.2. The van der Waals surface area contributed by atoms with Crippen molar-refractivity contribution in [2.75, 3.05) is 6.54 Å². The molecule has 6 rings (SSSR count). The van der Waals surface area contributed by atoms with Crippen LogP contribution in [0.3, 0.4) is 0 Å². The molecule has 0 aliphatic rings. The second-order valence-corrected chi connectivity index (χ2v) is 9.52. The number of carbonyl (C=O) groups excluding carboxylic acids is 1. The Balaban J connectivity index is 1.42. The van der Waals surface area contributed by atoms with Gasteiger partial charge in [0.2, 0.25) is 0 Å². The number of aromatic amines is 2. The first-order valence-electron chi connectivity index (χ1n) is 11.5. The lowest BCUT2D eigenvalue weighted by Crippen LogP contribution is -2.11. The Kier molecular flexibility index (Phi) is 5.59. The van der Waals surface area contributed by atoms with Crippen LogP contribution in [0.4, 0.5) is 0 Å². The minimum Gasteiger partial charge on any atom is -0.335 e. The van der Waals surface area contributed by atoms with Crippen molar-refractivity contribution in [1.82, 2.24) is 40.4 Å². The summed E-state index contributed by atoms with van der Waals surface area (Å²) in [5.74, 6) is 0.675. The van der Waals surface area contributed by atoms with Crippen molar-refractivity contribution in [3.8, 4) is 33.2 Å². The number of nitrogens with zero attached hydrogens (tertiary/aromatic N) is 5. The van der Waals surface area contributed by atoms with Crippen molar-refractivity contribution in [1.29, 1.82) is 0 Å². The highest BCUT2D eigenvalue weighted by Gasteiger charge is 2.18. The van der Waals surface area contributed by atoms with Gasteiger partial charge < -0.3 is 10.3 Å². The third-order valence-corrected chi connectivity index (χ3v) is 7.17. The minimum absolute atomic E-state index is 0.0453. The zero-order valence-electron chi connectivity index (χ0n) is 19.7. The van der Waals surface area contributed by atoms with Gasteiger partial charge in [0.1, 0.15) is 11.2 Å². The number of rotatable bonds is 7. The number of thiophene rings is 1. The average molecular weight is 495 g/mol. The van der Waals surface area contributed by atoms with E-state index in [1.54, 1.807) is 25.5 Å². The van der Waals surface area contributed by atoms with E-state index in [1.807, 2.05) is 30.6 Å². The SMILES string of the molecule is CCNCc1cncc(-c2cc3c(-c4nc5c(-c6ccc(C(C)=O)s6)cncc5[nH]4)n[nH]c3cn2)c1. The summed E-state index contributed by atoms with van der Waals surface area (Å²) in [5.41, 5.74) is 6.81. The number of Topliss-reactive ketones (excluding diaryl/α,β-unsaturated/α-hetero) is 1. The molecule has 6 aromatic rings. The van der Waals surface area contributed by atoms with Gasteiger partial charge in [0.05, 0.1) is 34.0 Å². The number of pyridine rings is 3. The zero-order valence-corrected chi connectivity index (χ0v) is 20.5. The summed E-state index contributed by atoms with van der Waals surface area (Å²) < 4.78 is 0. The highest BCUT2D eigenvalue weighted by molar-refractivity contribution is 7.17. The van der Waals surface area contributed by atoms with Gasteiger partial charge in [0, 0.05) is 46.5 Å². The molecular weight excluding hydrogens is 472 g/mol. The van der Waals surface area contributed by atoms with E-state index in [-0.39, 0.29) is 5.78 Å². The average Bonchev–Trinajstić information content (AvgIpc) is 3.64. The highest BCUT2D eigenvalue weighted by Crippen LogP contribution is 2.35. The number of H-pyrrole nitrogens is 2. The molecule has 9 nitrogen and oxygen atoms in total. The van der Waals surface area contributed by atoms with Crippen LogP contribution in [0.25, 0.3) is 55.2 Å².